The zero-order valence-corrected chi connectivity index (χ0v) is 9.70. The maximum atomic E-state index is 10.7. The monoisotopic (exact) mass is 243 g/mol. The Morgan fingerprint density at radius 1 is 1.47 bits per heavy atom. The topological polar surface area (TPSA) is 79.8 Å². The van der Waals surface area contributed by atoms with Crippen molar-refractivity contribution in [3.63, 3.8) is 0 Å². The van der Waals surface area contributed by atoms with Crippen molar-refractivity contribution in [3.8, 4) is 6.07 Å². The lowest BCUT2D eigenvalue weighted by Crippen LogP contribution is -2.13. The molecule has 0 unspecified atom stereocenters. The molecule has 5 heteroatoms. The quantitative estimate of drug-likeness (QED) is 0.832. The van der Waals surface area contributed by atoms with Gasteiger partial charge in [0.05, 0.1) is 16.8 Å². The van der Waals surface area contributed by atoms with Crippen molar-refractivity contribution < 1.29 is 4.79 Å². The summed E-state index contributed by atoms with van der Waals surface area (Å²) in [6.07, 6.45) is 0. The summed E-state index contributed by atoms with van der Waals surface area (Å²) in [7, 11) is 0. The Morgan fingerprint density at radius 3 is 2.94 bits per heavy atom. The van der Waals surface area contributed by atoms with Crippen LogP contribution >= 0.6 is 11.8 Å². The molecule has 2 aromatic rings. The maximum Gasteiger partial charge on any atom is 0.227 e. The minimum Gasteiger partial charge on any atom is -0.369 e. The third-order valence-electron chi connectivity index (χ3n) is 2.16. The highest BCUT2D eigenvalue weighted by molar-refractivity contribution is 8.00. The Labute approximate surface area is 102 Å². The second-order valence-electron chi connectivity index (χ2n) is 3.40. The number of primary amides is 1. The zero-order valence-electron chi connectivity index (χ0n) is 8.88. The number of nitrogens with zero attached hydrogens (tertiary/aromatic N) is 2. The minimum absolute atomic E-state index is 0.125. The van der Waals surface area contributed by atoms with E-state index in [-0.39, 0.29) is 5.75 Å². The number of fused-ring (bicyclic) bond motifs is 1. The molecule has 0 atom stereocenters. The van der Waals surface area contributed by atoms with Crippen molar-refractivity contribution in [1.82, 2.24) is 4.98 Å². The fourth-order valence-electron chi connectivity index (χ4n) is 1.43. The van der Waals surface area contributed by atoms with Crippen molar-refractivity contribution in [1.29, 1.82) is 5.26 Å². The molecule has 84 valence electrons. The Hall–Kier alpha value is -2.06. The van der Waals surface area contributed by atoms with E-state index in [1.54, 1.807) is 6.07 Å². The molecule has 2 N–H and O–H groups in total. The van der Waals surface area contributed by atoms with Gasteiger partial charge in [-0.2, -0.15) is 5.26 Å². The first-order chi connectivity index (χ1) is 8.20. The van der Waals surface area contributed by atoms with Crippen LogP contribution in [0.3, 0.4) is 0 Å². The number of para-hydroxylation sites is 1. The number of hydrogen-bond acceptors (Lipinski definition) is 4. The minimum atomic E-state index is -0.422. The Kier molecular flexibility index (Phi) is 3.26. The van der Waals surface area contributed by atoms with Crippen molar-refractivity contribution in [2.75, 3.05) is 5.75 Å². The number of thioether (sulfide) groups is 1. The van der Waals surface area contributed by atoms with E-state index >= 15 is 0 Å². The Balaban J connectivity index is 2.46. The third-order valence-corrected chi connectivity index (χ3v) is 3.17. The summed E-state index contributed by atoms with van der Waals surface area (Å²) in [5.41, 5.74) is 6.35. The number of rotatable bonds is 3. The first-order valence-electron chi connectivity index (χ1n) is 4.91. The van der Waals surface area contributed by atoms with Crippen molar-refractivity contribution >= 4 is 28.6 Å². The molecular weight excluding hydrogens is 234 g/mol. The number of hydrogen-bond donors (Lipinski definition) is 1. The Bertz CT molecular complexity index is 619. The van der Waals surface area contributed by atoms with Gasteiger partial charge in [0, 0.05) is 5.39 Å². The van der Waals surface area contributed by atoms with Gasteiger partial charge in [0.15, 0.2) is 0 Å². The van der Waals surface area contributed by atoms with Gasteiger partial charge in [-0.3, -0.25) is 4.79 Å². The molecular formula is C12H9N3OS. The molecule has 0 saturated carbocycles. The Morgan fingerprint density at radius 2 is 2.24 bits per heavy atom. The van der Waals surface area contributed by atoms with Crippen molar-refractivity contribution in [3.05, 3.63) is 35.9 Å². The predicted molar refractivity (Wildman–Crippen MR) is 66.4 cm³/mol. The lowest BCUT2D eigenvalue weighted by molar-refractivity contribution is -0.115. The van der Waals surface area contributed by atoms with Crippen LogP contribution in [0, 0.1) is 11.3 Å². The van der Waals surface area contributed by atoms with Crippen molar-refractivity contribution in [2.45, 2.75) is 5.03 Å². The molecule has 0 bridgehead atoms. The maximum absolute atomic E-state index is 10.7. The lowest BCUT2D eigenvalue weighted by atomic mass is 10.2. The first-order valence-corrected chi connectivity index (χ1v) is 5.90. The summed E-state index contributed by atoms with van der Waals surface area (Å²) < 4.78 is 0. The summed E-state index contributed by atoms with van der Waals surface area (Å²) in [4.78, 5) is 15.1. The first kappa shape index (κ1) is 11.4. The summed E-state index contributed by atoms with van der Waals surface area (Å²) in [5.74, 6) is -0.297. The van der Waals surface area contributed by atoms with E-state index < -0.39 is 5.91 Å². The highest BCUT2D eigenvalue weighted by Gasteiger charge is 2.08. The van der Waals surface area contributed by atoms with E-state index in [1.165, 1.54) is 11.8 Å². The highest BCUT2D eigenvalue weighted by atomic mass is 32.2. The number of pyridine rings is 1. The number of amides is 1. The summed E-state index contributed by atoms with van der Waals surface area (Å²) >= 11 is 1.19. The van der Waals surface area contributed by atoms with Crippen LogP contribution in [0.25, 0.3) is 10.9 Å². The fourth-order valence-corrected chi connectivity index (χ4v) is 2.13. The molecule has 0 aliphatic heterocycles. The van der Waals surface area contributed by atoms with Gasteiger partial charge < -0.3 is 5.73 Å². The van der Waals surface area contributed by atoms with Gasteiger partial charge in [-0.05, 0) is 12.1 Å². The van der Waals surface area contributed by atoms with E-state index in [4.69, 9.17) is 11.0 Å². The number of carbonyl (C=O) groups is 1. The van der Waals surface area contributed by atoms with Crippen LogP contribution in [0.1, 0.15) is 5.56 Å². The van der Waals surface area contributed by atoms with Gasteiger partial charge in [0.25, 0.3) is 0 Å². The molecule has 1 amide bonds. The van der Waals surface area contributed by atoms with Crippen LogP contribution in [0.4, 0.5) is 0 Å². The second-order valence-corrected chi connectivity index (χ2v) is 4.36. The molecule has 0 saturated heterocycles. The van der Waals surface area contributed by atoms with Gasteiger partial charge in [0.1, 0.15) is 11.1 Å². The third kappa shape index (κ3) is 2.55. The average Bonchev–Trinajstić information content (AvgIpc) is 2.35. The van der Waals surface area contributed by atoms with Crippen LogP contribution in [-0.4, -0.2) is 16.6 Å². The molecule has 0 radical (unpaired) electrons. The van der Waals surface area contributed by atoms with E-state index in [1.807, 2.05) is 24.3 Å². The molecule has 0 spiro atoms. The number of benzene rings is 1. The molecule has 2 rings (SSSR count). The van der Waals surface area contributed by atoms with E-state index in [2.05, 4.69) is 11.1 Å². The molecule has 1 aromatic heterocycles. The van der Waals surface area contributed by atoms with Gasteiger partial charge in [-0.15, -0.1) is 0 Å². The van der Waals surface area contributed by atoms with E-state index in [0.29, 0.717) is 10.6 Å². The summed E-state index contributed by atoms with van der Waals surface area (Å²) in [6.45, 7) is 0. The normalized spacial score (nSPS) is 10.1. The smallest absolute Gasteiger partial charge is 0.227 e. The number of nitriles is 1. The van der Waals surface area contributed by atoms with E-state index in [0.717, 1.165) is 10.9 Å². The zero-order chi connectivity index (χ0) is 12.3. The summed E-state index contributed by atoms with van der Waals surface area (Å²) in [6, 6.07) is 11.4. The molecule has 0 aliphatic rings. The number of carbonyl (C=O) groups excluding carboxylic acids is 1. The predicted octanol–water partition coefficient (Wildman–Crippen LogP) is 1.68. The van der Waals surface area contributed by atoms with Gasteiger partial charge in [0.2, 0.25) is 5.91 Å². The second kappa shape index (κ2) is 4.85. The van der Waals surface area contributed by atoms with Crippen LogP contribution in [-0.2, 0) is 4.79 Å². The summed E-state index contributed by atoms with van der Waals surface area (Å²) in [5, 5.41) is 10.5. The van der Waals surface area contributed by atoms with Gasteiger partial charge in [-0.25, -0.2) is 4.98 Å². The molecule has 0 fully saturated rings. The molecule has 4 nitrogen and oxygen atoms in total. The van der Waals surface area contributed by atoms with Crippen LogP contribution in [0.5, 0.6) is 0 Å². The van der Waals surface area contributed by atoms with Crippen LogP contribution < -0.4 is 5.73 Å². The van der Waals surface area contributed by atoms with Crippen LogP contribution in [0.15, 0.2) is 35.4 Å². The highest BCUT2D eigenvalue weighted by Crippen LogP contribution is 2.24. The largest absolute Gasteiger partial charge is 0.369 e. The molecule has 0 aliphatic carbocycles. The molecule has 17 heavy (non-hydrogen) atoms. The number of nitrogens with two attached hydrogens (primary N) is 1. The standard InChI is InChI=1S/C12H9N3OS/c13-6-9-5-8-3-1-2-4-10(8)15-12(9)17-7-11(14)16/h1-5H,7H2,(H2,14,16). The van der Waals surface area contributed by atoms with E-state index in [9.17, 15) is 4.79 Å². The number of aromatic nitrogens is 1. The fraction of sp³-hybridized carbons (Fsp3) is 0.0833. The SMILES string of the molecule is N#Cc1cc2ccccc2nc1SCC(N)=O. The lowest BCUT2D eigenvalue weighted by Gasteiger charge is -2.03. The van der Waals surface area contributed by atoms with Crippen molar-refractivity contribution in [2.24, 2.45) is 5.73 Å². The van der Waals surface area contributed by atoms with Gasteiger partial charge in [-0.1, -0.05) is 30.0 Å². The molecule has 1 aromatic carbocycles. The molecule has 1 heterocycles. The van der Waals surface area contributed by atoms with Crippen LogP contribution in [0.2, 0.25) is 0 Å². The van der Waals surface area contributed by atoms with Gasteiger partial charge >= 0.3 is 0 Å². The average molecular weight is 243 g/mol.